The molecule has 0 heterocycles. The van der Waals surface area contributed by atoms with E-state index in [1.165, 1.54) is 12.8 Å². The Morgan fingerprint density at radius 3 is 2.54 bits per heavy atom. The van der Waals surface area contributed by atoms with Crippen molar-refractivity contribution in [3.8, 4) is 0 Å². The average molecular weight is 184 g/mol. The average Bonchev–Trinajstić information content (AvgIpc) is 2.79. The number of nitrogens with one attached hydrogen (secondary N) is 1. The Morgan fingerprint density at radius 1 is 1.62 bits per heavy atom. The summed E-state index contributed by atoms with van der Waals surface area (Å²) in [5.41, 5.74) is 5.45. The van der Waals surface area contributed by atoms with Gasteiger partial charge in [0, 0.05) is 18.0 Å². The van der Waals surface area contributed by atoms with Crippen LogP contribution in [-0.4, -0.2) is 18.0 Å². The van der Waals surface area contributed by atoms with Crippen LogP contribution in [0.4, 0.5) is 0 Å². The fourth-order valence-corrected chi connectivity index (χ4v) is 1.29. The molecule has 0 aliphatic heterocycles. The summed E-state index contributed by atoms with van der Waals surface area (Å²) >= 11 is 0. The van der Waals surface area contributed by atoms with E-state index in [1.807, 2.05) is 20.8 Å². The lowest BCUT2D eigenvalue weighted by molar-refractivity contribution is -0.125. The van der Waals surface area contributed by atoms with Crippen LogP contribution in [0, 0.1) is 11.8 Å². The second kappa shape index (κ2) is 3.66. The van der Waals surface area contributed by atoms with Gasteiger partial charge in [-0.3, -0.25) is 4.79 Å². The Hall–Kier alpha value is -0.570. The summed E-state index contributed by atoms with van der Waals surface area (Å²) in [6, 6.07) is 0. The minimum atomic E-state index is -0.307. The molecule has 1 rings (SSSR count). The van der Waals surface area contributed by atoms with Gasteiger partial charge >= 0.3 is 0 Å². The van der Waals surface area contributed by atoms with Crippen LogP contribution >= 0.6 is 0 Å². The van der Waals surface area contributed by atoms with Gasteiger partial charge in [0.25, 0.3) is 0 Å². The van der Waals surface area contributed by atoms with Crippen molar-refractivity contribution < 1.29 is 4.79 Å². The molecule has 1 unspecified atom stereocenters. The Morgan fingerprint density at radius 2 is 2.15 bits per heavy atom. The van der Waals surface area contributed by atoms with Gasteiger partial charge in [0.15, 0.2) is 0 Å². The molecule has 76 valence electrons. The van der Waals surface area contributed by atoms with Crippen molar-refractivity contribution in [3.05, 3.63) is 0 Å². The third-order valence-corrected chi connectivity index (χ3v) is 2.46. The van der Waals surface area contributed by atoms with E-state index in [0.29, 0.717) is 12.5 Å². The first-order valence-corrected chi connectivity index (χ1v) is 4.97. The summed E-state index contributed by atoms with van der Waals surface area (Å²) in [6.07, 6.45) is 2.42. The summed E-state index contributed by atoms with van der Waals surface area (Å²) in [6.45, 7) is 6.38. The number of hydrogen-bond acceptors (Lipinski definition) is 2. The van der Waals surface area contributed by atoms with Crippen molar-refractivity contribution in [1.82, 2.24) is 5.32 Å². The van der Waals surface area contributed by atoms with E-state index in [2.05, 4.69) is 5.32 Å². The van der Waals surface area contributed by atoms with E-state index in [-0.39, 0.29) is 17.4 Å². The minimum Gasteiger partial charge on any atom is -0.354 e. The first-order valence-electron chi connectivity index (χ1n) is 4.97. The Bertz CT molecular complexity index is 192. The molecule has 3 N–H and O–H groups in total. The monoisotopic (exact) mass is 184 g/mol. The topological polar surface area (TPSA) is 55.1 Å². The molecule has 0 bridgehead atoms. The molecule has 1 saturated carbocycles. The van der Waals surface area contributed by atoms with E-state index in [0.717, 1.165) is 0 Å². The predicted molar refractivity (Wildman–Crippen MR) is 53.2 cm³/mol. The van der Waals surface area contributed by atoms with E-state index < -0.39 is 0 Å². The largest absolute Gasteiger partial charge is 0.354 e. The normalized spacial score (nSPS) is 19.7. The summed E-state index contributed by atoms with van der Waals surface area (Å²) in [4.78, 5) is 11.5. The van der Waals surface area contributed by atoms with Crippen LogP contribution in [0.2, 0.25) is 0 Å². The van der Waals surface area contributed by atoms with Gasteiger partial charge in [-0.25, -0.2) is 0 Å². The predicted octanol–water partition coefficient (Wildman–Crippen LogP) is 0.886. The quantitative estimate of drug-likeness (QED) is 0.681. The minimum absolute atomic E-state index is 0.154. The Kier molecular flexibility index (Phi) is 2.96. The molecule has 1 fully saturated rings. The fraction of sp³-hybridized carbons (Fsp3) is 0.900. The van der Waals surface area contributed by atoms with Gasteiger partial charge in [0.05, 0.1) is 0 Å². The lowest BCUT2D eigenvalue weighted by atomic mass is 10.0. The first kappa shape index (κ1) is 10.5. The number of rotatable bonds is 4. The van der Waals surface area contributed by atoms with Crippen LogP contribution in [0.5, 0.6) is 0 Å². The second-order valence-electron chi connectivity index (χ2n) is 4.83. The lowest BCUT2D eigenvalue weighted by Crippen LogP contribution is -2.46. The van der Waals surface area contributed by atoms with Crippen molar-refractivity contribution in [3.63, 3.8) is 0 Å². The van der Waals surface area contributed by atoms with Crippen LogP contribution in [0.25, 0.3) is 0 Å². The molecule has 0 spiro atoms. The van der Waals surface area contributed by atoms with Crippen LogP contribution in [0.3, 0.4) is 0 Å². The summed E-state index contributed by atoms with van der Waals surface area (Å²) in [5, 5.41) is 2.88. The molecule has 13 heavy (non-hydrogen) atoms. The molecule has 0 aromatic rings. The molecular formula is C10H20N2O. The zero-order chi connectivity index (χ0) is 10.1. The maximum atomic E-state index is 11.5. The second-order valence-corrected chi connectivity index (χ2v) is 4.83. The molecule has 3 nitrogen and oxygen atoms in total. The third-order valence-electron chi connectivity index (χ3n) is 2.46. The van der Waals surface area contributed by atoms with Gasteiger partial charge in [-0.1, -0.05) is 6.92 Å². The first-order chi connectivity index (χ1) is 5.90. The standard InChI is InChI=1S/C10H20N2O/c1-7(8-4-5-8)9(13)12-6-10(2,3)11/h7-8H,4-6,11H2,1-3H3,(H,12,13). The van der Waals surface area contributed by atoms with Gasteiger partial charge in [0.1, 0.15) is 0 Å². The molecule has 3 heteroatoms. The molecular weight excluding hydrogens is 164 g/mol. The van der Waals surface area contributed by atoms with Gasteiger partial charge in [-0.2, -0.15) is 0 Å². The van der Waals surface area contributed by atoms with E-state index in [4.69, 9.17) is 5.73 Å². The van der Waals surface area contributed by atoms with E-state index >= 15 is 0 Å². The SMILES string of the molecule is CC(C(=O)NCC(C)(C)N)C1CC1. The van der Waals surface area contributed by atoms with Crippen LogP contribution < -0.4 is 11.1 Å². The molecule has 1 aliphatic carbocycles. The maximum Gasteiger partial charge on any atom is 0.223 e. The van der Waals surface area contributed by atoms with Crippen molar-refractivity contribution in [2.24, 2.45) is 17.6 Å². The highest BCUT2D eigenvalue weighted by atomic mass is 16.1. The molecule has 0 aromatic carbocycles. The maximum absolute atomic E-state index is 11.5. The number of nitrogens with two attached hydrogens (primary N) is 1. The number of hydrogen-bond donors (Lipinski definition) is 2. The highest BCUT2D eigenvalue weighted by molar-refractivity contribution is 5.78. The van der Waals surface area contributed by atoms with Crippen LogP contribution in [0.1, 0.15) is 33.6 Å². The summed E-state index contributed by atoms with van der Waals surface area (Å²) < 4.78 is 0. The van der Waals surface area contributed by atoms with Gasteiger partial charge in [-0.15, -0.1) is 0 Å². The van der Waals surface area contributed by atoms with Gasteiger partial charge < -0.3 is 11.1 Å². The molecule has 0 saturated heterocycles. The Balaban J connectivity index is 2.24. The zero-order valence-electron chi connectivity index (χ0n) is 8.76. The van der Waals surface area contributed by atoms with Crippen LogP contribution in [-0.2, 0) is 4.79 Å². The van der Waals surface area contributed by atoms with Crippen molar-refractivity contribution in [2.45, 2.75) is 39.2 Å². The highest BCUT2D eigenvalue weighted by Gasteiger charge is 2.32. The number of carbonyl (C=O) groups excluding carboxylic acids is 1. The fourth-order valence-electron chi connectivity index (χ4n) is 1.29. The highest BCUT2D eigenvalue weighted by Crippen LogP contribution is 2.36. The van der Waals surface area contributed by atoms with Gasteiger partial charge in [-0.05, 0) is 32.6 Å². The van der Waals surface area contributed by atoms with Crippen molar-refractivity contribution in [2.75, 3.05) is 6.54 Å². The Labute approximate surface area is 80.1 Å². The molecule has 1 aliphatic rings. The molecule has 0 aromatic heterocycles. The molecule has 1 atom stereocenters. The summed E-state index contributed by atoms with van der Waals surface area (Å²) in [5.74, 6) is 0.948. The smallest absolute Gasteiger partial charge is 0.223 e. The van der Waals surface area contributed by atoms with Gasteiger partial charge in [0.2, 0.25) is 5.91 Å². The number of carbonyl (C=O) groups is 1. The third kappa shape index (κ3) is 3.77. The van der Waals surface area contributed by atoms with Crippen molar-refractivity contribution in [1.29, 1.82) is 0 Å². The van der Waals surface area contributed by atoms with Crippen molar-refractivity contribution >= 4 is 5.91 Å². The summed E-state index contributed by atoms with van der Waals surface area (Å²) in [7, 11) is 0. The molecule has 0 radical (unpaired) electrons. The zero-order valence-corrected chi connectivity index (χ0v) is 8.76. The lowest BCUT2D eigenvalue weighted by Gasteiger charge is -2.20. The number of amides is 1. The van der Waals surface area contributed by atoms with E-state index in [1.54, 1.807) is 0 Å². The van der Waals surface area contributed by atoms with E-state index in [9.17, 15) is 4.79 Å². The van der Waals surface area contributed by atoms with Crippen LogP contribution in [0.15, 0.2) is 0 Å². The molecule has 1 amide bonds.